The van der Waals surface area contributed by atoms with E-state index in [0.717, 1.165) is 0 Å². The van der Waals surface area contributed by atoms with Crippen molar-refractivity contribution in [2.45, 2.75) is 20.0 Å². The van der Waals surface area contributed by atoms with Crippen molar-refractivity contribution in [3.05, 3.63) is 24.2 Å². The lowest BCUT2D eigenvalue weighted by Crippen LogP contribution is -2.27. The van der Waals surface area contributed by atoms with Crippen LogP contribution in [0.2, 0.25) is 0 Å². The van der Waals surface area contributed by atoms with Crippen molar-refractivity contribution in [3.63, 3.8) is 0 Å². The van der Waals surface area contributed by atoms with Crippen LogP contribution in [0.5, 0.6) is 0 Å². The second kappa shape index (κ2) is 5.44. The Hall–Kier alpha value is -1.29. The van der Waals surface area contributed by atoms with Crippen LogP contribution in [-0.2, 0) is 4.74 Å². The Morgan fingerprint density at radius 1 is 1.64 bits per heavy atom. The minimum absolute atomic E-state index is 0.190. The number of hydrogen-bond donors (Lipinski definition) is 1. The fourth-order valence-corrected chi connectivity index (χ4v) is 0.954. The maximum Gasteiger partial charge on any atom is 0.287 e. The minimum Gasteiger partial charge on any atom is -0.459 e. The third kappa shape index (κ3) is 3.62. The van der Waals surface area contributed by atoms with Crippen LogP contribution in [0, 0.1) is 0 Å². The lowest BCUT2D eigenvalue weighted by molar-refractivity contribution is 0.0736. The van der Waals surface area contributed by atoms with Gasteiger partial charge in [-0.15, -0.1) is 0 Å². The highest BCUT2D eigenvalue weighted by Crippen LogP contribution is 1.98. The fourth-order valence-electron chi connectivity index (χ4n) is 0.954. The van der Waals surface area contributed by atoms with Gasteiger partial charge in [0, 0.05) is 6.54 Å². The van der Waals surface area contributed by atoms with Gasteiger partial charge in [0.15, 0.2) is 5.76 Å². The Bertz CT molecular complexity index is 267. The van der Waals surface area contributed by atoms with Gasteiger partial charge in [0.05, 0.1) is 19.0 Å². The quantitative estimate of drug-likeness (QED) is 0.726. The Kier molecular flexibility index (Phi) is 4.19. The van der Waals surface area contributed by atoms with Crippen LogP contribution in [0.1, 0.15) is 24.4 Å². The van der Waals surface area contributed by atoms with Gasteiger partial charge in [0.25, 0.3) is 5.91 Å². The first kappa shape index (κ1) is 10.8. The summed E-state index contributed by atoms with van der Waals surface area (Å²) in [5, 5.41) is 2.68. The lowest BCUT2D eigenvalue weighted by atomic mass is 10.4. The van der Waals surface area contributed by atoms with Gasteiger partial charge in [-0.05, 0) is 26.0 Å². The average molecular weight is 197 g/mol. The summed E-state index contributed by atoms with van der Waals surface area (Å²) in [6.45, 7) is 4.92. The van der Waals surface area contributed by atoms with E-state index in [-0.39, 0.29) is 12.0 Å². The fraction of sp³-hybridized carbons (Fsp3) is 0.500. The number of ether oxygens (including phenoxy) is 1. The highest BCUT2D eigenvalue weighted by molar-refractivity contribution is 5.91. The molecule has 78 valence electrons. The standard InChI is InChI=1S/C10H15NO3/c1-8(2)13-7-5-11-10(12)9-4-3-6-14-9/h3-4,6,8H,5,7H2,1-2H3,(H,11,12). The summed E-state index contributed by atoms with van der Waals surface area (Å²) in [5.41, 5.74) is 0. The van der Waals surface area contributed by atoms with Gasteiger partial charge in [-0.1, -0.05) is 0 Å². The molecule has 0 saturated heterocycles. The number of rotatable bonds is 5. The van der Waals surface area contributed by atoms with Gasteiger partial charge in [0.2, 0.25) is 0 Å². The normalized spacial score (nSPS) is 10.5. The molecule has 0 bridgehead atoms. The topological polar surface area (TPSA) is 51.5 Å². The second-order valence-corrected chi connectivity index (χ2v) is 3.15. The second-order valence-electron chi connectivity index (χ2n) is 3.15. The van der Waals surface area contributed by atoms with Crippen LogP contribution >= 0.6 is 0 Å². The van der Waals surface area contributed by atoms with Crippen molar-refractivity contribution in [2.24, 2.45) is 0 Å². The SMILES string of the molecule is CC(C)OCCNC(=O)c1ccco1. The maximum absolute atomic E-state index is 11.3. The first-order valence-electron chi connectivity index (χ1n) is 4.63. The summed E-state index contributed by atoms with van der Waals surface area (Å²) in [7, 11) is 0. The molecule has 4 nitrogen and oxygen atoms in total. The zero-order valence-electron chi connectivity index (χ0n) is 8.45. The average Bonchev–Trinajstić information content (AvgIpc) is 2.64. The molecule has 1 amide bonds. The molecule has 0 spiro atoms. The van der Waals surface area contributed by atoms with Gasteiger partial charge >= 0.3 is 0 Å². The van der Waals surface area contributed by atoms with Crippen molar-refractivity contribution < 1.29 is 13.9 Å². The number of carbonyl (C=O) groups is 1. The summed E-state index contributed by atoms with van der Waals surface area (Å²) in [4.78, 5) is 11.3. The van der Waals surface area contributed by atoms with Gasteiger partial charge < -0.3 is 14.5 Å². The van der Waals surface area contributed by atoms with E-state index in [9.17, 15) is 4.79 Å². The predicted molar refractivity (Wildman–Crippen MR) is 52.1 cm³/mol. The van der Waals surface area contributed by atoms with E-state index in [4.69, 9.17) is 9.15 Å². The monoisotopic (exact) mass is 197 g/mol. The molecule has 0 aliphatic carbocycles. The molecular formula is C10H15NO3. The molecule has 0 radical (unpaired) electrons. The Morgan fingerprint density at radius 2 is 2.43 bits per heavy atom. The molecule has 0 saturated carbocycles. The first-order valence-corrected chi connectivity index (χ1v) is 4.63. The smallest absolute Gasteiger partial charge is 0.287 e. The third-order valence-corrected chi connectivity index (χ3v) is 1.58. The third-order valence-electron chi connectivity index (χ3n) is 1.58. The van der Waals surface area contributed by atoms with Gasteiger partial charge in [-0.2, -0.15) is 0 Å². The zero-order valence-corrected chi connectivity index (χ0v) is 8.45. The molecule has 1 N–H and O–H groups in total. The predicted octanol–water partition coefficient (Wildman–Crippen LogP) is 1.43. The van der Waals surface area contributed by atoms with Crippen molar-refractivity contribution in [1.82, 2.24) is 5.32 Å². The molecule has 1 heterocycles. The van der Waals surface area contributed by atoms with Crippen molar-refractivity contribution in [3.8, 4) is 0 Å². The molecule has 0 aromatic carbocycles. The Balaban J connectivity index is 2.16. The molecule has 0 aliphatic rings. The van der Waals surface area contributed by atoms with Crippen LogP contribution in [0.3, 0.4) is 0 Å². The van der Waals surface area contributed by atoms with E-state index in [2.05, 4.69) is 5.32 Å². The van der Waals surface area contributed by atoms with Crippen LogP contribution in [0.15, 0.2) is 22.8 Å². The zero-order chi connectivity index (χ0) is 10.4. The first-order chi connectivity index (χ1) is 6.70. The molecule has 14 heavy (non-hydrogen) atoms. The van der Waals surface area contributed by atoms with Crippen LogP contribution in [0.25, 0.3) is 0 Å². The van der Waals surface area contributed by atoms with E-state index in [1.54, 1.807) is 12.1 Å². The van der Waals surface area contributed by atoms with Gasteiger partial charge in [0.1, 0.15) is 0 Å². The molecule has 0 atom stereocenters. The highest BCUT2D eigenvalue weighted by atomic mass is 16.5. The molecular weight excluding hydrogens is 182 g/mol. The highest BCUT2D eigenvalue weighted by Gasteiger charge is 2.06. The van der Waals surface area contributed by atoms with E-state index in [0.29, 0.717) is 18.9 Å². The largest absolute Gasteiger partial charge is 0.459 e. The molecule has 1 aromatic heterocycles. The number of amides is 1. The molecule has 4 heteroatoms. The summed E-state index contributed by atoms with van der Waals surface area (Å²) < 4.78 is 10.2. The maximum atomic E-state index is 11.3. The summed E-state index contributed by atoms with van der Waals surface area (Å²) in [5.74, 6) is 0.122. The molecule has 0 aliphatic heterocycles. The number of hydrogen-bond acceptors (Lipinski definition) is 3. The van der Waals surface area contributed by atoms with Gasteiger partial charge in [-0.25, -0.2) is 0 Å². The Morgan fingerprint density at radius 3 is 3.00 bits per heavy atom. The van der Waals surface area contributed by atoms with Crippen molar-refractivity contribution in [2.75, 3.05) is 13.2 Å². The summed E-state index contributed by atoms with van der Waals surface area (Å²) >= 11 is 0. The van der Waals surface area contributed by atoms with E-state index < -0.39 is 0 Å². The molecule has 1 aromatic rings. The van der Waals surface area contributed by atoms with E-state index in [1.165, 1.54) is 6.26 Å². The van der Waals surface area contributed by atoms with Crippen LogP contribution < -0.4 is 5.32 Å². The Labute approximate surface area is 83.2 Å². The summed E-state index contributed by atoms with van der Waals surface area (Å²) in [6.07, 6.45) is 1.66. The van der Waals surface area contributed by atoms with Crippen LogP contribution in [0.4, 0.5) is 0 Å². The summed E-state index contributed by atoms with van der Waals surface area (Å²) in [6, 6.07) is 3.30. The minimum atomic E-state index is -0.206. The van der Waals surface area contributed by atoms with E-state index >= 15 is 0 Å². The van der Waals surface area contributed by atoms with Gasteiger partial charge in [-0.3, -0.25) is 4.79 Å². The van der Waals surface area contributed by atoms with Crippen molar-refractivity contribution >= 4 is 5.91 Å². The lowest BCUT2D eigenvalue weighted by Gasteiger charge is -2.07. The number of carbonyl (C=O) groups excluding carboxylic acids is 1. The van der Waals surface area contributed by atoms with E-state index in [1.807, 2.05) is 13.8 Å². The van der Waals surface area contributed by atoms with Crippen LogP contribution in [-0.4, -0.2) is 25.2 Å². The molecule has 0 unspecified atom stereocenters. The number of nitrogens with one attached hydrogen (secondary N) is 1. The number of furan rings is 1. The molecule has 0 fully saturated rings. The van der Waals surface area contributed by atoms with Crippen molar-refractivity contribution in [1.29, 1.82) is 0 Å². The molecule has 1 rings (SSSR count).